The fourth-order valence-corrected chi connectivity index (χ4v) is 0. The smallest absolute Gasteiger partial charge is 0.0742 e. The van der Waals surface area contributed by atoms with Crippen molar-refractivity contribution in [3.63, 3.8) is 0 Å². The van der Waals surface area contributed by atoms with Gasteiger partial charge in [-0.15, -0.1) is 0 Å². The third-order valence-corrected chi connectivity index (χ3v) is 0.264. The molecule has 0 aliphatic rings. The standard InChI is InChI=1S/C3H8O2.Ca/c1-3(5)2-4;/h3-5H,2H2,1H3;. The van der Waals surface area contributed by atoms with Crippen molar-refractivity contribution in [1.29, 1.82) is 0 Å². The first-order chi connectivity index (χ1) is 2.27. The first-order valence-corrected chi connectivity index (χ1v) is 1.56. The van der Waals surface area contributed by atoms with E-state index in [0.717, 1.165) is 0 Å². The summed E-state index contributed by atoms with van der Waals surface area (Å²) in [6.07, 6.45) is -0.560. The van der Waals surface area contributed by atoms with Gasteiger partial charge in [0.2, 0.25) is 0 Å². The van der Waals surface area contributed by atoms with Gasteiger partial charge in [0.25, 0.3) is 0 Å². The van der Waals surface area contributed by atoms with E-state index in [1.165, 1.54) is 6.92 Å². The fraction of sp³-hybridized carbons (Fsp3) is 1.00. The maximum Gasteiger partial charge on any atom is 0.0742 e. The first-order valence-electron chi connectivity index (χ1n) is 1.56. The number of hydrogen-bond donors (Lipinski definition) is 2. The average molecular weight is 116 g/mol. The van der Waals surface area contributed by atoms with Crippen molar-refractivity contribution in [2.45, 2.75) is 13.0 Å². The second kappa shape index (κ2) is 6.18. The predicted octanol–water partition coefficient (Wildman–Crippen LogP) is -1.02. The maximum atomic E-state index is 8.11. The van der Waals surface area contributed by atoms with E-state index in [9.17, 15) is 0 Å². The molecular weight excluding hydrogens is 108 g/mol. The van der Waals surface area contributed by atoms with Gasteiger partial charge in [-0.1, -0.05) is 0 Å². The van der Waals surface area contributed by atoms with Gasteiger partial charge in [0.1, 0.15) is 0 Å². The second-order valence-electron chi connectivity index (χ2n) is 1.03. The summed E-state index contributed by atoms with van der Waals surface area (Å²) in [6.45, 7) is 1.39. The third kappa shape index (κ3) is 8.95. The van der Waals surface area contributed by atoms with Crippen LogP contribution in [0.3, 0.4) is 0 Å². The van der Waals surface area contributed by atoms with Gasteiger partial charge in [-0.2, -0.15) is 0 Å². The molecular formula is C3H8CaO2. The van der Waals surface area contributed by atoms with Gasteiger partial charge in [0.15, 0.2) is 0 Å². The van der Waals surface area contributed by atoms with Gasteiger partial charge in [-0.3, -0.25) is 0 Å². The van der Waals surface area contributed by atoms with Crippen molar-refractivity contribution in [3.05, 3.63) is 0 Å². The van der Waals surface area contributed by atoms with E-state index in [4.69, 9.17) is 10.2 Å². The molecule has 0 aromatic carbocycles. The van der Waals surface area contributed by atoms with Crippen molar-refractivity contribution < 1.29 is 10.2 Å². The fourth-order valence-electron chi connectivity index (χ4n) is 0. The second-order valence-corrected chi connectivity index (χ2v) is 1.03. The summed E-state index contributed by atoms with van der Waals surface area (Å²) in [6, 6.07) is 0. The Morgan fingerprint density at radius 2 is 1.83 bits per heavy atom. The molecule has 0 aromatic heterocycles. The minimum Gasteiger partial charge on any atom is -0.394 e. The summed E-state index contributed by atoms with van der Waals surface area (Å²) in [4.78, 5) is 0. The summed E-state index contributed by atoms with van der Waals surface area (Å²) in [7, 11) is 0. The van der Waals surface area contributed by atoms with Crippen LogP contribution in [-0.4, -0.2) is 60.7 Å². The molecule has 2 radical (unpaired) electrons. The molecule has 1 atom stereocenters. The van der Waals surface area contributed by atoms with E-state index in [0.29, 0.717) is 0 Å². The number of aliphatic hydroxyl groups excluding tert-OH is 2. The Kier molecular flexibility index (Phi) is 10.5. The van der Waals surface area contributed by atoms with E-state index in [2.05, 4.69) is 0 Å². The molecule has 0 saturated heterocycles. The van der Waals surface area contributed by atoms with Gasteiger partial charge in [0, 0.05) is 37.7 Å². The van der Waals surface area contributed by atoms with Crippen molar-refractivity contribution in [3.8, 4) is 0 Å². The molecule has 2 N–H and O–H groups in total. The predicted molar refractivity (Wildman–Crippen MR) is 24.5 cm³/mol. The van der Waals surface area contributed by atoms with E-state index in [-0.39, 0.29) is 44.3 Å². The van der Waals surface area contributed by atoms with E-state index < -0.39 is 6.10 Å². The number of aliphatic hydroxyl groups is 2. The summed E-state index contributed by atoms with van der Waals surface area (Å²) in [5, 5.41) is 16.0. The van der Waals surface area contributed by atoms with Gasteiger partial charge in [-0.25, -0.2) is 0 Å². The van der Waals surface area contributed by atoms with Crippen LogP contribution in [0.2, 0.25) is 0 Å². The Bertz CT molecular complexity index is 22.8. The van der Waals surface area contributed by atoms with Crippen molar-refractivity contribution in [1.82, 2.24) is 0 Å². The average Bonchev–Trinajstić information content (AvgIpc) is 1.38. The number of hydrogen-bond acceptors (Lipinski definition) is 2. The maximum absolute atomic E-state index is 8.11. The topological polar surface area (TPSA) is 40.5 Å². The molecule has 0 bridgehead atoms. The minimum atomic E-state index is -0.560. The van der Waals surface area contributed by atoms with Crippen LogP contribution in [0.25, 0.3) is 0 Å². The Hall–Kier alpha value is 1.18. The molecule has 0 aliphatic carbocycles. The van der Waals surface area contributed by atoms with Crippen LogP contribution in [0.15, 0.2) is 0 Å². The third-order valence-electron chi connectivity index (χ3n) is 0.264. The molecule has 0 rings (SSSR count). The Balaban J connectivity index is 0. The van der Waals surface area contributed by atoms with Crippen LogP contribution in [0.1, 0.15) is 6.92 Å². The van der Waals surface area contributed by atoms with Crippen molar-refractivity contribution in [2.24, 2.45) is 0 Å². The molecule has 3 heteroatoms. The molecule has 6 heavy (non-hydrogen) atoms. The van der Waals surface area contributed by atoms with E-state index in [1.54, 1.807) is 0 Å². The molecule has 0 spiro atoms. The van der Waals surface area contributed by atoms with Crippen LogP contribution >= 0.6 is 0 Å². The summed E-state index contributed by atoms with van der Waals surface area (Å²) >= 11 is 0. The molecule has 34 valence electrons. The zero-order valence-corrected chi connectivity index (χ0v) is 6.09. The largest absolute Gasteiger partial charge is 0.394 e. The summed E-state index contributed by atoms with van der Waals surface area (Å²) < 4.78 is 0. The van der Waals surface area contributed by atoms with Crippen molar-refractivity contribution in [2.75, 3.05) is 6.61 Å². The Labute approximate surface area is 67.2 Å². The van der Waals surface area contributed by atoms with Crippen molar-refractivity contribution >= 4 is 37.7 Å². The minimum absolute atomic E-state index is 0. The Morgan fingerprint density at radius 1 is 1.67 bits per heavy atom. The van der Waals surface area contributed by atoms with E-state index >= 15 is 0 Å². The zero-order valence-electron chi connectivity index (χ0n) is 3.89. The zero-order chi connectivity index (χ0) is 4.28. The molecule has 0 saturated carbocycles. The van der Waals surface area contributed by atoms with Gasteiger partial charge in [0.05, 0.1) is 12.7 Å². The quantitative estimate of drug-likeness (QED) is 0.430. The normalized spacial score (nSPS) is 12.5. The van der Waals surface area contributed by atoms with Crippen LogP contribution in [0.5, 0.6) is 0 Å². The van der Waals surface area contributed by atoms with Crippen LogP contribution < -0.4 is 0 Å². The van der Waals surface area contributed by atoms with Crippen LogP contribution in [0, 0.1) is 0 Å². The first kappa shape index (κ1) is 10.2. The Morgan fingerprint density at radius 3 is 1.83 bits per heavy atom. The SMILES string of the molecule is CC(O)CO.[Ca]. The van der Waals surface area contributed by atoms with Gasteiger partial charge in [-0.05, 0) is 6.92 Å². The van der Waals surface area contributed by atoms with Gasteiger partial charge >= 0.3 is 0 Å². The molecule has 0 heterocycles. The van der Waals surface area contributed by atoms with Gasteiger partial charge < -0.3 is 10.2 Å². The summed E-state index contributed by atoms with van der Waals surface area (Å²) in [5.41, 5.74) is 0. The monoisotopic (exact) mass is 116 g/mol. The molecule has 1 unspecified atom stereocenters. The van der Waals surface area contributed by atoms with Crippen LogP contribution in [0.4, 0.5) is 0 Å². The van der Waals surface area contributed by atoms with Crippen LogP contribution in [-0.2, 0) is 0 Å². The molecule has 2 nitrogen and oxygen atoms in total. The van der Waals surface area contributed by atoms with E-state index in [1.807, 2.05) is 0 Å². The molecule has 0 aromatic rings. The number of rotatable bonds is 1. The molecule has 0 fully saturated rings. The molecule has 0 amide bonds. The molecule has 0 aliphatic heterocycles. The summed E-state index contributed by atoms with van der Waals surface area (Å²) in [5.74, 6) is 0.